The van der Waals surface area contributed by atoms with Gasteiger partial charge in [0.25, 0.3) is 5.91 Å². The van der Waals surface area contributed by atoms with E-state index in [1.54, 1.807) is 30.3 Å². The van der Waals surface area contributed by atoms with Crippen molar-refractivity contribution in [2.24, 2.45) is 11.5 Å². The predicted octanol–water partition coefficient (Wildman–Crippen LogP) is 2.23. The molecular formula is C20H15FN6O3. The van der Waals surface area contributed by atoms with Gasteiger partial charge in [-0.15, -0.1) is 0 Å². The Morgan fingerprint density at radius 2 is 1.80 bits per heavy atom. The topological polar surface area (TPSA) is 150 Å². The van der Waals surface area contributed by atoms with E-state index in [-0.39, 0.29) is 41.3 Å². The minimum absolute atomic E-state index is 0.0390. The van der Waals surface area contributed by atoms with E-state index in [0.717, 1.165) is 0 Å². The standard InChI is InChI=1S/C20H15FN6O3/c21-11-4-1-3-10(7-11)8-24-20-26-18(25-19(27-20)17(23)29)15-12-5-2-6-13(16(22)28)14(12)9-30-15/h1-7,9H,8H2,(H2,22,28)(H2,23,29)(H,24,25,26,27). The molecule has 2 heterocycles. The van der Waals surface area contributed by atoms with E-state index in [0.29, 0.717) is 16.3 Å². The van der Waals surface area contributed by atoms with Crippen molar-refractivity contribution in [1.29, 1.82) is 0 Å². The van der Waals surface area contributed by atoms with Gasteiger partial charge in [0.2, 0.25) is 23.5 Å². The van der Waals surface area contributed by atoms with Crippen molar-refractivity contribution in [3.63, 3.8) is 0 Å². The molecule has 150 valence electrons. The van der Waals surface area contributed by atoms with Gasteiger partial charge >= 0.3 is 0 Å². The molecule has 0 unspecified atom stereocenters. The second-order valence-electron chi connectivity index (χ2n) is 6.35. The SMILES string of the molecule is NC(=O)c1nc(NCc2cccc(F)c2)nc(-c2occ3c(C(N)=O)cccc23)n1. The zero-order chi connectivity index (χ0) is 21.3. The summed E-state index contributed by atoms with van der Waals surface area (Å²) in [6, 6.07) is 10.9. The summed E-state index contributed by atoms with van der Waals surface area (Å²) < 4.78 is 18.9. The van der Waals surface area contributed by atoms with Crippen LogP contribution < -0.4 is 16.8 Å². The van der Waals surface area contributed by atoms with Gasteiger partial charge in [-0.05, 0) is 23.8 Å². The molecule has 0 saturated carbocycles. The molecule has 0 fully saturated rings. The summed E-state index contributed by atoms with van der Waals surface area (Å²) in [5.74, 6) is -1.83. The minimum Gasteiger partial charge on any atom is -0.460 e. The number of carbonyl (C=O) groups excluding carboxylic acids is 2. The normalized spacial score (nSPS) is 10.8. The van der Waals surface area contributed by atoms with Crippen LogP contribution in [0.15, 0.2) is 53.1 Å². The number of nitrogens with zero attached hydrogens (tertiary/aromatic N) is 3. The number of benzene rings is 2. The van der Waals surface area contributed by atoms with Crippen LogP contribution in [-0.4, -0.2) is 26.8 Å². The third-order valence-corrected chi connectivity index (χ3v) is 4.31. The lowest BCUT2D eigenvalue weighted by atomic mass is 10.1. The Balaban J connectivity index is 1.75. The Labute approximate surface area is 168 Å². The summed E-state index contributed by atoms with van der Waals surface area (Å²) in [5.41, 5.74) is 11.7. The van der Waals surface area contributed by atoms with Crippen molar-refractivity contribution < 1.29 is 18.4 Å². The second kappa shape index (κ2) is 7.59. The quantitative estimate of drug-likeness (QED) is 0.444. The fourth-order valence-electron chi connectivity index (χ4n) is 2.95. The Morgan fingerprint density at radius 1 is 1.00 bits per heavy atom. The highest BCUT2D eigenvalue weighted by Gasteiger charge is 2.19. The highest BCUT2D eigenvalue weighted by Crippen LogP contribution is 2.31. The number of primary amides is 2. The maximum atomic E-state index is 13.4. The lowest BCUT2D eigenvalue weighted by Crippen LogP contribution is -2.18. The number of anilines is 1. The predicted molar refractivity (Wildman–Crippen MR) is 106 cm³/mol. The van der Waals surface area contributed by atoms with Crippen LogP contribution in [0, 0.1) is 5.82 Å². The number of amides is 2. The van der Waals surface area contributed by atoms with Crippen LogP contribution in [0.25, 0.3) is 22.4 Å². The van der Waals surface area contributed by atoms with Crippen molar-refractivity contribution in [1.82, 2.24) is 15.0 Å². The van der Waals surface area contributed by atoms with Gasteiger partial charge in [0.1, 0.15) is 12.1 Å². The number of hydrogen-bond donors (Lipinski definition) is 3. The third-order valence-electron chi connectivity index (χ3n) is 4.31. The second-order valence-corrected chi connectivity index (χ2v) is 6.35. The van der Waals surface area contributed by atoms with Crippen LogP contribution in [0.2, 0.25) is 0 Å². The van der Waals surface area contributed by atoms with Crippen molar-refractivity contribution in [3.05, 3.63) is 71.5 Å². The monoisotopic (exact) mass is 406 g/mol. The Bertz CT molecular complexity index is 1290. The largest absolute Gasteiger partial charge is 0.460 e. The van der Waals surface area contributed by atoms with Crippen molar-refractivity contribution in [3.8, 4) is 11.6 Å². The molecule has 0 radical (unpaired) electrons. The molecule has 5 N–H and O–H groups in total. The number of carbonyl (C=O) groups is 2. The van der Waals surface area contributed by atoms with Crippen LogP contribution >= 0.6 is 0 Å². The Morgan fingerprint density at radius 3 is 2.53 bits per heavy atom. The first kappa shape index (κ1) is 19.0. The summed E-state index contributed by atoms with van der Waals surface area (Å²) in [6.45, 7) is 0.199. The molecule has 0 aliphatic rings. The van der Waals surface area contributed by atoms with Gasteiger partial charge < -0.3 is 21.2 Å². The minimum atomic E-state index is -0.860. The highest BCUT2D eigenvalue weighted by atomic mass is 19.1. The van der Waals surface area contributed by atoms with Gasteiger partial charge in [-0.2, -0.15) is 9.97 Å². The van der Waals surface area contributed by atoms with E-state index < -0.39 is 11.8 Å². The molecule has 4 aromatic rings. The van der Waals surface area contributed by atoms with Crippen LogP contribution in [-0.2, 0) is 6.54 Å². The van der Waals surface area contributed by atoms with Gasteiger partial charge in [0.05, 0.1) is 5.56 Å². The van der Waals surface area contributed by atoms with Crippen LogP contribution in [0.5, 0.6) is 0 Å². The third kappa shape index (κ3) is 3.65. The molecule has 2 aromatic heterocycles. The molecule has 4 rings (SSSR count). The molecule has 2 aromatic carbocycles. The van der Waals surface area contributed by atoms with Crippen molar-refractivity contribution in [2.75, 3.05) is 5.32 Å². The van der Waals surface area contributed by atoms with E-state index in [4.69, 9.17) is 15.9 Å². The maximum Gasteiger partial charge on any atom is 0.286 e. The van der Waals surface area contributed by atoms with E-state index in [9.17, 15) is 14.0 Å². The number of fused-ring (bicyclic) bond motifs is 1. The van der Waals surface area contributed by atoms with Gasteiger partial charge in [-0.25, -0.2) is 9.37 Å². The molecule has 0 atom stereocenters. The number of nitrogens with two attached hydrogens (primary N) is 2. The molecule has 0 aliphatic carbocycles. The number of nitrogens with one attached hydrogen (secondary N) is 1. The first-order valence-electron chi connectivity index (χ1n) is 8.77. The van der Waals surface area contributed by atoms with Gasteiger partial charge in [-0.3, -0.25) is 9.59 Å². The summed E-state index contributed by atoms with van der Waals surface area (Å²) in [5, 5.41) is 3.92. The number of halogens is 1. The molecule has 10 heteroatoms. The first-order chi connectivity index (χ1) is 14.4. The highest BCUT2D eigenvalue weighted by molar-refractivity contribution is 6.08. The van der Waals surface area contributed by atoms with Crippen LogP contribution in [0.1, 0.15) is 26.5 Å². The van der Waals surface area contributed by atoms with Gasteiger partial charge in [0, 0.05) is 17.3 Å². The first-order valence-corrected chi connectivity index (χ1v) is 8.77. The number of aromatic nitrogens is 3. The van der Waals surface area contributed by atoms with E-state index in [1.165, 1.54) is 18.4 Å². The lowest BCUT2D eigenvalue weighted by Gasteiger charge is -2.07. The van der Waals surface area contributed by atoms with Crippen molar-refractivity contribution in [2.45, 2.75) is 6.54 Å². The molecule has 2 amide bonds. The van der Waals surface area contributed by atoms with Crippen LogP contribution in [0.4, 0.5) is 10.3 Å². The lowest BCUT2D eigenvalue weighted by molar-refractivity contribution is 0.0986. The zero-order valence-corrected chi connectivity index (χ0v) is 15.4. The smallest absolute Gasteiger partial charge is 0.286 e. The van der Waals surface area contributed by atoms with E-state index >= 15 is 0 Å². The maximum absolute atomic E-state index is 13.4. The molecule has 30 heavy (non-hydrogen) atoms. The fourth-order valence-corrected chi connectivity index (χ4v) is 2.95. The summed E-state index contributed by atoms with van der Waals surface area (Å²) in [6.07, 6.45) is 1.36. The zero-order valence-electron chi connectivity index (χ0n) is 15.4. The fraction of sp³-hybridized carbons (Fsp3) is 0.0500. The summed E-state index contributed by atoms with van der Waals surface area (Å²) in [4.78, 5) is 35.7. The van der Waals surface area contributed by atoms with Gasteiger partial charge in [0.15, 0.2) is 5.76 Å². The average Bonchev–Trinajstić information content (AvgIpc) is 3.16. The Kier molecular flexibility index (Phi) is 4.80. The van der Waals surface area contributed by atoms with E-state index in [2.05, 4.69) is 20.3 Å². The van der Waals surface area contributed by atoms with Crippen LogP contribution in [0.3, 0.4) is 0 Å². The molecule has 0 bridgehead atoms. The number of rotatable bonds is 6. The summed E-state index contributed by atoms with van der Waals surface area (Å²) >= 11 is 0. The molecule has 0 spiro atoms. The average molecular weight is 406 g/mol. The molecule has 0 saturated heterocycles. The summed E-state index contributed by atoms with van der Waals surface area (Å²) in [7, 11) is 0. The van der Waals surface area contributed by atoms with Crippen molar-refractivity contribution >= 4 is 28.5 Å². The van der Waals surface area contributed by atoms with Gasteiger partial charge in [-0.1, -0.05) is 24.3 Å². The molecule has 0 aliphatic heterocycles. The molecule has 9 nitrogen and oxygen atoms in total. The Hall–Kier alpha value is -4.34. The molecular weight excluding hydrogens is 391 g/mol. The number of furan rings is 1. The van der Waals surface area contributed by atoms with E-state index in [1.807, 2.05) is 0 Å². The number of hydrogen-bond acceptors (Lipinski definition) is 7.